The summed E-state index contributed by atoms with van der Waals surface area (Å²) in [5.74, 6) is 0. The van der Waals surface area contributed by atoms with E-state index in [1.54, 1.807) is 6.92 Å². The van der Waals surface area contributed by atoms with Gasteiger partial charge < -0.3 is 9.84 Å². The van der Waals surface area contributed by atoms with E-state index in [0.717, 1.165) is 12.8 Å². The van der Waals surface area contributed by atoms with Gasteiger partial charge in [0.2, 0.25) is 0 Å². The smallest absolute Gasteiger partial charge is 0.0829 e. The number of benzene rings is 1. The molecule has 0 aliphatic heterocycles. The molecule has 1 N–H and O–H groups in total. The Morgan fingerprint density at radius 2 is 2.27 bits per heavy atom. The van der Waals surface area contributed by atoms with Crippen LogP contribution in [0.5, 0.6) is 0 Å². The van der Waals surface area contributed by atoms with E-state index in [0.29, 0.717) is 6.61 Å². The predicted octanol–water partition coefficient (Wildman–Crippen LogP) is 2.46. The van der Waals surface area contributed by atoms with Gasteiger partial charge in [0.25, 0.3) is 0 Å². The molecule has 15 heavy (non-hydrogen) atoms. The van der Waals surface area contributed by atoms with Gasteiger partial charge in [-0.05, 0) is 37.3 Å². The van der Waals surface area contributed by atoms with Crippen molar-refractivity contribution in [2.75, 3.05) is 6.61 Å². The Morgan fingerprint density at radius 1 is 1.47 bits per heavy atom. The van der Waals surface area contributed by atoms with Crippen molar-refractivity contribution in [3.63, 3.8) is 0 Å². The van der Waals surface area contributed by atoms with Crippen molar-refractivity contribution in [3.8, 4) is 0 Å². The number of hydrogen-bond acceptors (Lipinski definition) is 2. The van der Waals surface area contributed by atoms with Crippen LogP contribution in [0.4, 0.5) is 0 Å². The lowest BCUT2D eigenvalue weighted by Gasteiger charge is -2.26. The molecule has 0 amide bonds. The Bertz CT molecular complexity index is 320. The first-order valence-corrected chi connectivity index (χ1v) is 5.65. The summed E-state index contributed by atoms with van der Waals surface area (Å²) in [5.41, 5.74) is 2.71. The molecule has 0 bridgehead atoms. The van der Waals surface area contributed by atoms with Gasteiger partial charge in [-0.25, -0.2) is 0 Å². The maximum Gasteiger partial charge on any atom is 0.0829 e. The standard InChI is InChI=1S/C13H18O2/c1-10(14)9-15-13-8-4-6-11-5-2-3-7-12(11)13/h2-3,5,7,10,13-14H,4,6,8-9H2,1H3. The Balaban J connectivity index is 2.08. The van der Waals surface area contributed by atoms with Gasteiger partial charge in [-0.1, -0.05) is 24.3 Å². The van der Waals surface area contributed by atoms with Crippen LogP contribution in [0.3, 0.4) is 0 Å². The number of aryl methyl sites for hydroxylation is 1. The highest BCUT2D eigenvalue weighted by Gasteiger charge is 2.20. The summed E-state index contributed by atoms with van der Waals surface area (Å²) in [7, 11) is 0. The van der Waals surface area contributed by atoms with Crippen molar-refractivity contribution < 1.29 is 9.84 Å². The Morgan fingerprint density at radius 3 is 3.07 bits per heavy atom. The predicted molar refractivity (Wildman–Crippen MR) is 59.8 cm³/mol. The molecule has 0 aromatic heterocycles. The number of hydrogen-bond donors (Lipinski definition) is 1. The van der Waals surface area contributed by atoms with Crippen LogP contribution in [0.25, 0.3) is 0 Å². The zero-order valence-corrected chi connectivity index (χ0v) is 9.15. The van der Waals surface area contributed by atoms with Gasteiger partial charge in [0.05, 0.1) is 18.8 Å². The molecule has 2 rings (SSSR count). The van der Waals surface area contributed by atoms with E-state index in [4.69, 9.17) is 4.74 Å². The number of aliphatic hydroxyl groups excluding tert-OH is 1. The second kappa shape index (κ2) is 4.77. The quantitative estimate of drug-likeness (QED) is 0.823. The minimum absolute atomic E-state index is 0.185. The number of fused-ring (bicyclic) bond motifs is 1. The summed E-state index contributed by atoms with van der Waals surface area (Å²) in [5, 5.41) is 9.21. The van der Waals surface area contributed by atoms with Crippen LogP contribution < -0.4 is 0 Å². The van der Waals surface area contributed by atoms with E-state index < -0.39 is 0 Å². The minimum Gasteiger partial charge on any atom is -0.391 e. The third-order valence-electron chi connectivity index (χ3n) is 2.85. The average molecular weight is 206 g/mol. The summed E-state index contributed by atoms with van der Waals surface area (Å²) in [4.78, 5) is 0. The molecule has 0 saturated carbocycles. The monoisotopic (exact) mass is 206 g/mol. The maximum absolute atomic E-state index is 9.21. The van der Waals surface area contributed by atoms with Crippen LogP contribution in [0.1, 0.15) is 37.0 Å². The third kappa shape index (κ3) is 2.58. The van der Waals surface area contributed by atoms with E-state index in [1.807, 2.05) is 0 Å². The lowest BCUT2D eigenvalue weighted by Crippen LogP contribution is -2.18. The SMILES string of the molecule is CC(O)COC1CCCc2ccccc21. The van der Waals surface area contributed by atoms with E-state index in [1.165, 1.54) is 17.5 Å². The van der Waals surface area contributed by atoms with Crippen molar-refractivity contribution in [1.82, 2.24) is 0 Å². The number of ether oxygens (including phenoxy) is 1. The molecule has 1 aromatic carbocycles. The molecule has 0 radical (unpaired) electrons. The van der Waals surface area contributed by atoms with Crippen molar-refractivity contribution >= 4 is 0 Å². The molecule has 2 nitrogen and oxygen atoms in total. The minimum atomic E-state index is -0.376. The first-order valence-electron chi connectivity index (χ1n) is 5.65. The second-order valence-electron chi connectivity index (χ2n) is 4.26. The Hall–Kier alpha value is -0.860. The fourth-order valence-electron chi connectivity index (χ4n) is 2.14. The highest BCUT2D eigenvalue weighted by Crippen LogP contribution is 2.32. The van der Waals surface area contributed by atoms with E-state index in [9.17, 15) is 5.11 Å². The summed E-state index contributed by atoms with van der Waals surface area (Å²) in [6.07, 6.45) is 3.22. The maximum atomic E-state index is 9.21. The van der Waals surface area contributed by atoms with Crippen LogP contribution >= 0.6 is 0 Å². The Kier molecular flexibility index (Phi) is 3.39. The summed E-state index contributed by atoms with van der Waals surface area (Å²) < 4.78 is 5.72. The molecule has 2 atom stereocenters. The summed E-state index contributed by atoms with van der Waals surface area (Å²) >= 11 is 0. The van der Waals surface area contributed by atoms with Crippen LogP contribution in [0.2, 0.25) is 0 Å². The molecule has 2 heteroatoms. The molecule has 0 heterocycles. The lowest BCUT2D eigenvalue weighted by atomic mass is 9.89. The van der Waals surface area contributed by atoms with Gasteiger partial charge in [0, 0.05) is 0 Å². The van der Waals surface area contributed by atoms with Crippen LogP contribution in [0.15, 0.2) is 24.3 Å². The first-order chi connectivity index (χ1) is 7.27. The van der Waals surface area contributed by atoms with Gasteiger partial charge in [-0.2, -0.15) is 0 Å². The summed E-state index contributed by atoms with van der Waals surface area (Å²) in [6.45, 7) is 2.19. The lowest BCUT2D eigenvalue weighted by molar-refractivity contribution is -0.0111. The molecule has 1 aliphatic rings. The normalized spacial score (nSPS) is 22.1. The van der Waals surface area contributed by atoms with E-state index in [2.05, 4.69) is 24.3 Å². The molecular formula is C13H18O2. The van der Waals surface area contributed by atoms with Gasteiger partial charge in [0.15, 0.2) is 0 Å². The largest absolute Gasteiger partial charge is 0.391 e. The fourth-order valence-corrected chi connectivity index (χ4v) is 2.14. The van der Waals surface area contributed by atoms with Crippen LogP contribution in [0, 0.1) is 0 Å². The molecule has 2 unspecified atom stereocenters. The third-order valence-corrected chi connectivity index (χ3v) is 2.85. The van der Waals surface area contributed by atoms with E-state index >= 15 is 0 Å². The zero-order chi connectivity index (χ0) is 10.7. The molecule has 0 saturated heterocycles. The molecule has 1 aromatic rings. The van der Waals surface area contributed by atoms with Crippen molar-refractivity contribution in [3.05, 3.63) is 35.4 Å². The molecular weight excluding hydrogens is 188 g/mol. The van der Waals surface area contributed by atoms with Crippen molar-refractivity contribution in [2.45, 2.75) is 38.4 Å². The molecule has 1 aliphatic carbocycles. The average Bonchev–Trinajstić information content (AvgIpc) is 2.26. The number of rotatable bonds is 3. The Labute approximate surface area is 90.9 Å². The zero-order valence-electron chi connectivity index (χ0n) is 9.15. The topological polar surface area (TPSA) is 29.5 Å². The molecule has 0 fully saturated rings. The van der Waals surface area contributed by atoms with Gasteiger partial charge >= 0.3 is 0 Å². The van der Waals surface area contributed by atoms with Gasteiger partial charge in [-0.15, -0.1) is 0 Å². The second-order valence-corrected chi connectivity index (χ2v) is 4.26. The van der Waals surface area contributed by atoms with E-state index in [-0.39, 0.29) is 12.2 Å². The summed E-state index contributed by atoms with van der Waals surface area (Å²) in [6, 6.07) is 8.45. The van der Waals surface area contributed by atoms with Crippen LogP contribution in [-0.2, 0) is 11.2 Å². The van der Waals surface area contributed by atoms with Crippen molar-refractivity contribution in [2.24, 2.45) is 0 Å². The molecule has 82 valence electrons. The van der Waals surface area contributed by atoms with Gasteiger partial charge in [0.1, 0.15) is 0 Å². The molecule has 0 spiro atoms. The first kappa shape index (κ1) is 10.7. The van der Waals surface area contributed by atoms with Crippen LogP contribution in [-0.4, -0.2) is 17.8 Å². The number of aliphatic hydroxyl groups is 1. The fraction of sp³-hybridized carbons (Fsp3) is 0.538. The van der Waals surface area contributed by atoms with Crippen molar-refractivity contribution in [1.29, 1.82) is 0 Å². The van der Waals surface area contributed by atoms with Gasteiger partial charge in [-0.3, -0.25) is 0 Å². The highest BCUT2D eigenvalue weighted by atomic mass is 16.5. The highest BCUT2D eigenvalue weighted by molar-refractivity contribution is 5.31.